The highest BCUT2D eigenvalue weighted by Crippen LogP contribution is 2.46. The molecule has 0 aliphatic heterocycles. The fraction of sp³-hybridized carbons (Fsp3) is 0. The van der Waals surface area contributed by atoms with Crippen molar-refractivity contribution in [1.82, 2.24) is 0 Å². The Morgan fingerprint density at radius 3 is 1.23 bits per heavy atom. The van der Waals surface area contributed by atoms with Gasteiger partial charge in [0.2, 0.25) is 0 Å². The summed E-state index contributed by atoms with van der Waals surface area (Å²) in [7, 11) is 0. The second-order valence-corrected chi connectivity index (χ2v) is 12.5. The third kappa shape index (κ3) is 4.96. The minimum atomic E-state index is 1.21. The van der Waals surface area contributed by atoms with Crippen LogP contribution >= 0.6 is 0 Å². The highest BCUT2D eigenvalue weighted by molar-refractivity contribution is 6.22. The first-order valence-corrected chi connectivity index (χ1v) is 16.6. The van der Waals surface area contributed by atoms with E-state index in [1.165, 1.54) is 88.0 Å². The smallest absolute Gasteiger partial charge is 0.00259 e. The Hall–Kier alpha value is -6.24. The van der Waals surface area contributed by atoms with Gasteiger partial charge < -0.3 is 0 Å². The number of rotatable bonds is 5. The number of hydrogen-bond donors (Lipinski definition) is 0. The van der Waals surface area contributed by atoms with Gasteiger partial charge in [0.25, 0.3) is 0 Å². The molecule has 224 valence electrons. The second kappa shape index (κ2) is 11.8. The Bertz CT molecular complexity index is 2520. The van der Waals surface area contributed by atoms with Gasteiger partial charge in [0.15, 0.2) is 0 Å². The Kier molecular flexibility index (Phi) is 6.91. The van der Waals surface area contributed by atoms with E-state index >= 15 is 0 Å². The average molecular weight is 609 g/mol. The SMILES string of the molecule is c1ccc(-c2cc(-c3ccccc3)cc(-c3c4ccccc4c(-c4ccc5ccccc5c4)c4cc(-c5ccccc5)ccc34)c2)cc1. The fourth-order valence-electron chi connectivity index (χ4n) is 7.32. The molecule has 0 unspecified atom stereocenters. The lowest BCUT2D eigenvalue weighted by Gasteiger charge is -2.20. The molecular weight excluding hydrogens is 577 g/mol. The fourth-order valence-corrected chi connectivity index (χ4v) is 7.32. The van der Waals surface area contributed by atoms with Crippen LogP contribution in [0.1, 0.15) is 0 Å². The van der Waals surface area contributed by atoms with E-state index < -0.39 is 0 Å². The van der Waals surface area contributed by atoms with Gasteiger partial charge in [-0.05, 0) is 118 Å². The predicted octanol–water partition coefficient (Wildman–Crippen LogP) is 13.5. The highest BCUT2D eigenvalue weighted by Gasteiger charge is 2.19. The van der Waals surface area contributed by atoms with Crippen LogP contribution in [-0.4, -0.2) is 0 Å². The van der Waals surface area contributed by atoms with Gasteiger partial charge in [-0.2, -0.15) is 0 Å². The molecule has 0 heteroatoms. The number of benzene rings is 9. The van der Waals surface area contributed by atoms with Crippen LogP contribution in [0, 0.1) is 0 Å². The molecule has 0 radical (unpaired) electrons. The predicted molar refractivity (Wildman–Crippen MR) is 206 cm³/mol. The van der Waals surface area contributed by atoms with Crippen LogP contribution < -0.4 is 0 Å². The van der Waals surface area contributed by atoms with Gasteiger partial charge in [-0.25, -0.2) is 0 Å². The minimum absolute atomic E-state index is 1.21. The van der Waals surface area contributed by atoms with Crippen molar-refractivity contribution >= 4 is 32.3 Å². The summed E-state index contributed by atoms with van der Waals surface area (Å²) in [4.78, 5) is 0. The van der Waals surface area contributed by atoms with Crippen molar-refractivity contribution in [2.24, 2.45) is 0 Å². The van der Waals surface area contributed by atoms with Gasteiger partial charge in [0.1, 0.15) is 0 Å². The first-order valence-electron chi connectivity index (χ1n) is 16.6. The third-order valence-electron chi connectivity index (χ3n) is 9.61. The Morgan fingerprint density at radius 1 is 0.188 bits per heavy atom. The zero-order valence-corrected chi connectivity index (χ0v) is 26.5. The summed E-state index contributed by atoms with van der Waals surface area (Å²) in [5, 5.41) is 7.52. The molecule has 0 saturated heterocycles. The summed E-state index contributed by atoms with van der Waals surface area (Å²) in [6.45, 7) is 0. The summed E-state index contributed by atoms with van der Waals surface area (Å²) in [6, 6.07) is 70.9. The summed E-state index contributed by atoms with van der Waals surface area (Å²) < 4.78 is 0. The van der Waals surface area contributed by atoms with Gasteiger partial charge in [-0.1, -0.05) is 164 Å². The molecule has 0 aliphatic rings. The van der Waals surface area contributed by atoms with E-state index in [1.807, 2.05) is 0 Å². The average Bonchev–Trinajstić information content (AvgIpc) is 3.17. The zero-order chi connectivity index (χ0) is 31.9. The van der Waals surface area contributed by atoms with Crippen molar-refractivity contribution < 1.29 is 0 Å². The molecule has 0 aliphatic carbocycles. The normalized spacial score (nSPS) is 11.3. The van der Waals surface area contributed by atoms with E-state index in [9.17, 15) is 0 Å². The molecule has 9 aromatic rings. The molecule has 0 N–H and O–H groups in total. The summed E-state index contributed by atoms with van der Waals surface area (Å²) in [6.07, 6.45) is 0. The Labute approximate surface area is 281 Å². The lowest BCUT2D eigenvalue weighted by molar-refractivity contribution is 1.58. The summed E-state index contributed by atoms with van der Waals surface area (Å²) in [5.74, 6) is 0. The van der Waals surface area contributed by atoms with Crippen LogP contribution in [-0.2, 0) is 0 Å². The van der Waals surface area contributed by atoms with Crippen molar-refractivity contribution in [2.75, 3.05) is 0 Å². The Balaban J connectivity index is 1.40. The second-order valence-electron chi connectivity index (χ2n) is 12.5. The molecule has 9 rings (SSSR count). The van der Waals surface area contributed by atoms with E-state index in [0.29, 0.717) is 0 Å². The molecule has 0 heterocycles. The number of hydrogen-bond acceptors (Lipinski definition) is 0. The molecule has 0 aromatic heterocycles. The van der Waals surface area contributed by atoms with Crippen LogP contribution in [0.2, 0.25) is 0 Å². The van der Waals surface area contributed by atoms with Gasteiger partial charge in [0.05, 0.1) is 0 Å². The molecule has 0 fully saturated rings. The molecule has 0 bridgehead atoms. The van der Waals surface area contributed by atoms with E-state index in [0.717, 1.165) is 0 Å². The maximum absolute atomic E-state index is 2.41. The zero-order valence-electron chi connectivity index (χ0n) is 26.5. The largest absolute Gasteiger partial charge is 0.0622 e. The van der Waals surface area contributed by atoms with Gasteiger partial charge in [0, 0.05) is 0 Å². The van der Waals surface area contributed by atoms with Gasteiger partial charge >= 0.3 is 0 Å². The quantitative estimate of drug-likeness (QED) is 0.171. The standard InChI is InChI=1S/C48H32/c1-4-14-33(15-5-1)38-26-27-45-46(32-38)47(39-25-24-36-20-10-11-21-37(36)28-39)43-22-12-13-23-44(43)48(45)42-30-40(34-16-6-2-7-17-34)29-41(31-42)35-18-8-3-9-19-35/h1-32H. The van der Waals surface area contributed by atoms with E-state index in [4.69, 9.17) is 0 Å². The summed E-state index contributed by atoms with van der Waals surface area (Å²) in [5.41, 5.74) is 12.3. The van der Waals surface area contributed by atoms with Crippen molar-refractivity contribution in [3.05, 3.63) is 194 Å². The van der Waals surface area contributed by atoms with Crippen LogP contribution in [0.4, 0.5) is 0 Å². The van der Waals surface area contributed by atoms with Crippen LogP contribution in [0.3, 0.4) is 0 Å². The van der Waals surface area contributed by atoms with Crippen molar-refractivity contribution in [1.29, 1.82) is 0 Å². The lowest BCUT2D eigenvalue weighted by atomic mass is 9.83. The Morgan fingerprint density at radius 2 is 0.625 bits per heavy atom. The number of fused-ring (bicyclic) bond motifs is 3. The minimum Gasteiger partial charge on any atom is -0.0622 e. The van der Waals surface area contributed by atoms with Crippen molar-refractivity contribution in [3.63, 3.8) is 0 Å². The summed E-state index contributed by atoms with van der Waals surface area (Å²) >= 11 is 0. The van der Waals surface area contributed by atoms with E-state index in [-0.39, 0.29) is 0 Å². The molecular formula is C48H32. The molecule has 9 aromatic carbocycles. The van der Waals surface area contributed by atoms with Crippen LogP contribution in [0.15, 0.2) is 194 Å². The maximum Gasteiger partial charge on any atom is -0.00259 e. The van der Waals surface area contributed by atoms with Gasteiger partial charge in [-0.15, -0.1) is 0 Å². The first-order chi connectivity index (χ1) is 23.8. The van der Waals surface area contributed by atoms with Crippen LogP contribution in [0.5, 0.6) is 0 Å². The first kappa shape index (κ1) is 28.0. The van der Waals surface area contributed by atoms with E-state index in [1.54, 1.807) is 0 Å². The molecule has 48 heavy (non-hydrogen) atoms. The van der Waals surface area contributed by atoms with E-state index in [2.05, 4.69) is 194 Å². The molecule has 0 saturated carbocycles. The molecule has 0 amide bonds. The molecule has 0 spiro atoms. The topological polar surface area (TPSA) is 0 Å². The molecule has 0 atom stereocenters. The lowest BCUT2D eigenvalue weighted by Crippen LogP contribution is -1.93. The van der Waals surface area contributed by atoms with Crippen LogP contribution in [0.25, 0.3) is 88.0 Å². The third-order valence-corrected chi connectivity index (χ3v) is 9.61. The van der Waals surface area contributed by atoms with Crippen molar-refractivity contribution in [2.45, 2.75) is 0 Å². The molecule has 0 nitrogen and oxygen atoms in total. The maximum atomic E-state index is 2.41. The van der Waals surface area contributed by atoms with Gasteiger partial charge in [-0.3, -0.25) is 0 Å². The van der Waals surface area contributed by atoms with Crippen molar-refractivity contribution in [3.8, 4) is 55.6 Å². The highest BCUT2D eigenvalue weighted by atomic mass is 14.2. The monoisotopic (exact) mass is 608 g/mol.